The third-order valence-corrected chi connectivity index (χ3v) is 3.35. The lowest BCUT2D eigenvalue weighted by molar-refractivity contribution is 0.360. The molecule has 0 aliphatic heterocycles. The molecule has 0 spiro atoms. The Kier molecular flexibility index (Phi) is 4.40. The maximum absolute atomic E-state index is 5.25. The van der Waals surface area contributed by atoms with Crippen molar-refractivity contribution < 1.29 is 4.52 Å². The number of alkyl halides is 1. The molecule has 3 rings (SSSR count). The molecule has 0 radical (unpaired) electrons. The zero-order chi connectivity index (χ0) is 14.5. The summed E-state index contributed by atoms with van der Waals surface area (Å²) in [6.07, 6.45) is 3.40. The summed E-state index contributed by atoms with van der Waals surface area (Å²) >= 11 is 3.38. The number of aromatic nitrogens is 5. The Hall–Kier alpha value is -2.02. The van der Waals surface area contributed by atoms with Crippen molar-refractivity contribution in [1.29, 1.82) is 0 Å². The molecule has 108 valence electrons. The van der Waals surface area contributed by atoms with E-state index in [1.807, 2.05) is 36.5 Å². The van der Waals surface area contributed by atoms with Crippen molar-refractivity contribution in [3.05, 3.63) is 59.5 Å². The van der Waals surface area contributed by atoms with E-state index < -0.39 is 0 Å². The molecule has 0 bridgehead atoms. The molecule has 0 aliphatic rings. The van der Waals surface area contributed by atoms with Gasteiger partial charge in [0.25, 0.3) is 0 Å². The van der Waals surface area contributed by atoms with Crippen molar-refractivity contribution in [2.45, 2.75) is 19.4 Å². The summed E-state index contributed by atoms with van der Waals surface area (Å²) in [5.74, 6) is 1.22. The normalized spacial score (nSPS) is 10.9. The first-order valence-corrected chi connectivity index (χ1v) is 7.76. The molecule has 0 atom stereocenters. The van der Waals surface area contributed by atoms with Crippen LogP contribution in [0.4, 0.5) is 0 Å². The van der Waals surface area contributed by atoms with Gasteiger partial charge < -0.3 is 4.52 Å². The Labute approximate surface area is 130 Å². The quantitative estimate of drug-likeness (QED) is 0.639. The Bertz CT molecular complexity index is 694. The maximum atomic E-state index is 5.25. The van der Waals surface area contributed by atoms with Gasteiger partial charge in [-0.15, -0.1) is 5.10 Å². The molecule has 3 aromatic rings. The maximum Gasteiger partial charge on any atom is 0.248 e. The van der Waals surface area contributed by atoms with E-state index in [-0.39, 0.29) is 0 Å². The van der Waals surface area contributed by atoms with E-state index in [4.69, 9.17) is 4.52 Å². The van der Waals surface area contributed by atoms with Gasteiger partial charge in [0.15, 0.2) is 5.82 Å². The fourth-order valence-corrected chi connectivity index (χ4v) is 2.38. The summed E-state index contributed by atoms with van der Waals surface area (Å²) < 4.78 is 6.96. The molecular weight excluding hydrogens is 334 g/mol. The third-order valence-electron chi connectivity index (χ3n) is 2.95. The highest BCUT2D eigenvalue weighted by molar-refractivity contribution is 9.09. The summed E-state index contributed by atoms with van der Waals surface area (Å²) in [5, 5.41) is 13.0. The van der Waals surface area contributed by atoms with Gasteiger partial charge in [-0.2, -0.15) is 4.98 Å². The smallest absolute Gasteiger partial charge is 0.248 e. The molecule has 1 aromatic carbocycles. The molecular formula is C14H14BrN5O. The molecule has 0 saturated carbocycles. The number of rotatable bonds is 6. The Morgan fingerprint density at radius 1 is 1.19 bits per heavy atom. The van der Waals surface area contributed by atoms with Crippen molar-refractivity contribution in [3.8, 4) is 0 Å². The van der Waals surface area contributed by atoms with Gasteiger partial charge in [-0.25, -0.2) is 4.68 Å². The van der Waals surface area contributed by atoms with Gasteiger partial charge in [0, 0.05) is 24.4 Å². The molecule has 0 fully saturated rings. The second kappa shape index (κ2) is 6.62. The highest BCUT2D eigenvalue weighted by Crippen LogP contribution is 2.07. The van der Waals surface area contributed by atoms with E-state index >= 15 is 0 Å². The number of aryl methyl sites for hydroxylation is 1. The van der Waals surface area contributed by atoms with Crippen molar-refractivity contribution in [1.82, 2.24) is 25.1 Å². The second-order valence-electron chi connectivity index (χ2n) is 4.61. The molecule has 2 aromatic heterocycles. The zero-order valence-electron chi connectivity index (χ0n) is 11.3. The first-order valence-electron chi connectivity index (χ1n) is 6.64. The van der Waals surface area contributed by atoms with Gasteiger partial charge in [-0.1, -0.05) is 56.6 Å². The summed E-state index contributed by atoms with van der Waals surface area (Å²) in [4.78, 5) is 4.38. The predicted octanol–water partition coefficient (Wildman–Crippen LogP) is 2.24. The van der Waals surface area contributed by atoms with Crippen LogP contribution in [0.3, 0.4) is 0 Å². The SMILES string of the molecule is BrCCc1cn(Cc2nc(Cc3ccccc3)no2)nn1. The highest BCUT2D eigenvalue weighted by atomic mass is 79.9. The fourth-order valence-electron chi connectivity index (χ4n) is 1.97. The van der Waals surface area contributed by atoms with E-state index in [1.54, 1.807) is 4.68 Å². The zero-order valence-corrected chi connectivity index (χ0v) is 12.9. The van der Waals surface area contributed by atoms with E-state index in [0.29, 0.717) is 24.7 Å². The highest BCUT2D eigenvalue weighted by Gasteiger charge is 2.09. The monoisotopic (exact) mass is 347 g/mol. The van der Waals surface area contributed by atoms with Crippen LogP contribution >= 0.6 is 15.9 Å². The molecule has 0 saturated heterocycles. The molecule has 0 N–H and O–H groups in total. The first-order chi connectivity index (χ1) is 10.3. The van der Waals surface area contributed by atoms with E-state index in [1.165, 1.54) is 0 Å². The molecule has 0 unspecified atom stereocenters. The van der Waals surface area contributed by atoms with Gasteiger partial charge in [-0.3, -0.25) is 0 Å². The van der Waals surface area contributed by atoms with Crippen molar-refractivity contribution in [3.63, 3.8) is 0 Å². The van der Waals surface area contributed by atoms with E-state index in [0.717, 1.165) is 23.0 Å². The molecule has 0 aliphatic carbocycles. The minimum Gasteiger partial charge on any atom is -0.337 e. The van der Waals surface area contributed by atoms with Gasteiger partial charge in [0.2, 0.25) is 5.89 Å². The Morgan fingerprint density at radius 3 is 2.86 bits per heavy atom. The van der Waals surface area contributed by atoms with Crippen LogP contribution in [0.2, 0.25) is 0 Å². The second-order valence-corrected chi connectivity index (χ2v) is 5.41. The van der Waals surface area contributed by atoms with Crippen LogP contribution in [-0.2, 0) is 19.4 Å². The van der Waals surface area contributed by atoms with Crippen molar-refractivity contribution in [2.75, 3.05) is 5.33 Å². The molecule has 21 heavy (non-hydrogen) atoms. The largest absolute Gasteiger partial charge is 0.337 e. The number of benzene rings is 1. The average molecular weight is 348 g/mol. The minimum atomic E-state index is 0.442. The number of hydrogen-bond donors (Lipinski definition) is 0. The van der Waals surface area contributed by atoms with Crippen molar-refractivity contribution >= 4 is 15.9 Å². The summed E-state index contributed by atoms with van der Waals surface area (Å²) in [6.45, 7) is 0.442. The van der Waals surface area contributed by atoms with Crippen LogP contribution < -0.4 is 0 Å². The van der Waals surface area contributed by atoms with E-state index in [2.05, 4.69) is 36.4 Å². The van der Waals surface area contributed by atoms with E-state index in [9.17, 15) is 0 Å². The molecule has 2 heterocycles. The van der Waals surface area contributed by atoms with Gasteiger partial charge in [-0.05, 0) is 5.56 Å². The third kappa shape index (κ3) is 3.75. The lowest BCUT2D eigenvalue weighted by Crippen LogP contribution is -2.01. The van der Waals surface area contributed by atoms with Crippen molar-refractivity contribution in [2.24, 2.45) is 0 Å². The molecule has 0 amide bonds. The Balaban J connectivity index is 1.64. The fraction of sp³-hybridized carbons (Fsp3) is 0.286. The summed E-state index contributed by atoms with van der Waals surface area (Å²) in [6, 6.07) is 10.1. The minimum absolute atomic E-state index is 0.442. The number of halogens is 1. The summed E-state index contributed by atoms with van der Waals surface area (Å²) in [5.41, 5.74) is 2.10. The average Bonchev–Trinajstić information content (AvgIpc) is 3.11. The molecule has 6 nitrogen and oxygen atoms in total. The van der Waals surface area contributed by atoms with Gasteiger partial charge >= 0.3 is 0 Å². The number of hydrogen-bond acceptors (Lipinski definition) is 5. The van der Waals surface area contributed by atoms with Crippen LogP contribution in [0.15, 0.2) is 41.1 Å². The number of nitrogens with zero attached hydrogens (tertiary/aromatic N) is 5. The Morgan fingerprint density at radius 2 is 2.05 bits per heavy atom. The topological polar surface area (TPSA) is 69.6 Å². The standard InChI is InChI=1S/C14H14BrN5O/c15-7-6-12-9-20(19-17-12)10-14-16-13(18-21-14)8-11-4-2-1-3-5-11/h1-5,9H,6-8,10H2. The summed E-state index contributed by atoms with van der Waals surface area (Å²) in [7, 11) is 0. The predicted molar refractivity (Wildman–Crippen MR) is 80.2 cm³/mol. The van der Waals surface area contributed by atoms with Crippen LogP contribution in [0, 0.1) is 0 Å². The lowest BCUT2D eigenvalue weighted by atomic mass is 10.1. The van der Waals surface area contributed by atoms with Crippen LogP contribution in [-0.4, -0.2) is 30.5 Å². The van der Waals surface area contributed by atoms with Crippen LogP contribution in [0.25, 0.3) is 0 Å². The van der Waals surface area contributed by atoms with Gasteiger partial charge in [0.05, 0.1) is 5.69 Å². The first kappa shape index (κ1) is 13.9. The van der Waals surface area contributed by atoms with Crippen LogP contribution in [0.1, 0.15) is 23.0 Å². The van der Waals surface area contributed by atoms with Crippen LogP contribution in [0.5, 0.6) is 0 Å². The van der Waals surface area contributed by atoms with Gasteiger partial charge in [0.1, 0.15) is 6.54 Å². The molecule has 7 heteroatoms. The lowest BCUT2D eigenvalue weighted by Gasteiger charge is -1.94.